The normalized spacial score (nSPS) is 9.41. The number of rotatable bonds is 3. The molecule has 0 bridgehead atoms. The van der Waals surface area contributed by atoms with Crippen LogP contribution in [-0.4, -0.2) is 10.0 Å². The second-order valence-electron chi connectivity index (χ2n) is 3.35. The Balaban J connectivity index is 0.00000144. The summed E-state index contributed by atoms with van der Waals surface area (Å²) >= 11 is 1.61. The Labute approximate surface area is 116 Å². The minimum Gasteiger partial charge on any atom is -1.00 e. The van der Waals surface area contributed by atoms with Crippen LogP contribution >= 0.6 is 11.8 Å². The quantitative estimate of drug-likeness (QED) is 0.555. The van der Waals surface area contributed by atoms with Crippen LogP contribution in [0.2, 0.25) is 0 Å². The maximum absolute atomic E-state index is 5.96. The first-order chi connectivity index (χ1) is 7.86. The predicted molar refractivity (Wildman–Crippen MR) is 68.0 cm³/mol. The number of thioether (sulfide) groups is 1. The molecule has 0 fully saturated rings. The van der Waals surface area contributed by atoms with Gasteiger partial charge in [-0.3, -0.25) is 0 Å². The maximum Gasteiger partial charge on any atom is 0.257 e. The highest BCUT2D eigenvalue weighted by atomic mass is 79.9. The molecule has 0 radical (unpaired) electrons. The summed E-state index contributed by atoms with van der Waals surface area (Å²) in [6, 6.07) is 16.0. The van der Waals surface area contributed by atoms with Crippen LogP contribution in [0.3, 0.4) is 0 Å². The lowest BCUT2D eigenvalue weighted by Crippen LogP contribution is -3.00. The van der Waals surface area contributed by atoms with Gasteiger partial charge in [-0.15, -0.1) is 0 Å². The molecule has 2 nitrogen and oxygen atoms in total. The zero-order valence-electron chi connectivity index (χ0n) is 9.21. The Hall–Kier alpha value is -1.13. The van der Waals surface area contributed by atoms with Gasteiger partial charge in [0.1, 0.15) is 5.69 Å². The van der Waals surface area contributed by atoms with Crippen molar-refractivity contribution in [3.05, 3.63) is 66.0 Å². The van der Waals surface area contributed by atoms with Crippen molar-refractivity contribution in [2.24, 2.45) is 0 Å². The topological polar surface area (TPSA) is 38.5 Å². The predicted octanol–water partition coefficient (Wildman–Crippen LogP) is -1.48. The smallest absolute Gasteiger partial charge is 0.257 e. The Kier molecular flexibility index (Phi) is 5.94. The highest BCUT2D eigenvalue weighted by Gasteiger charge is 2.08. The number of nitrogens with zero attached hydrogens (tertiary/aromatic N) is 1. The molecule has 4 heteroatoms. The van der Waals surface area contributed by atoms with E-state index in [1.54, 1.807) is 18.0 Å². The molecule has 2 rings (SSSR count). The van der Waals surface area contributed by atoms with E-state index >= 15 is 0 Å². The SMILES string of the molecule is [Br-].[NH2+]=C(SCc1ccccc1)c1ccccn1. The average molecular weight is 309 g/mol. The molecule has 1 aromatic carbocycles. The second kappa shape index (κ2) is 7.25. The van der Waals surface area contributed by atoms with Crippen LogP contribution < -0.4 is 22.4 Å². The van der Waals surface area contributed by atoms with Crippen LogP contribution in [0.1, 0.15) is 11.3 Å². The number of benzene rings is 1. The highest BCUT2D eigenvalue weighted by molar-refractivity contribution is 8.13. The molecule has 0 saturated heterocycles. The third-order valence-electron chi connectivity index (χ3n) is 2.15. The van der Waals surface area contributed by atoms with Gasteiger partial charge in [-0.05, 0) is 17.7 Å². The van der Waals surface area contributed by atoms with Gasteiger partial charge in [-0.2, -0.15) is 0 Å². The number of hydrogen-bond acceptors (Lipinski definition) is 2. The van der Waals surface area contributed by atoms with Gasteiger partial charge in [0.15, 0.2) is 0 Å². The van der Waals surface area contributed by atoms with Crippen molar-refractivity contribution in [1.82, 2.24) is 4.98 Å². The van der Waals surface area contributed by atoms with Crippen LogP contribution in [0, 0.1) is 0 Å². The highest BCUT2D eigenvalue weighted by Crippen LogP contribution is 2.14. The third-order valence-corrected chi connectivity index (χ3v) is 3.15. The van der Waals surface area contributed by atoms with E-state index in [9.17, 15) is 0 Å². The fourth-order valence-electron chi connectivity index (χ4n) is 1.32. The number of nitrogens with two attached hydrogens (primary N) is 1. The van der Waals surface area contributed by atoms with Crippen molar-refractivity contribution >= 4 is 16.8 Å². The molecule has 17 heavy (non-hydrogen) atoms. The van der Waals surface area contributed by atoms with Gasteiger partial charge in [0.05, 0.1) is 0 Å². The molecule has 0 unspecified atom stereocenters. The van der Waals surface area contributed by atoms with E-state index < -0.39 is 0 Å². The minimum atomic E-state index is 0. The molecule has 0 saturated carbocycles. The number of hydrogen-bond donors (Lipinski definition) is 1. The van der Waals surface area contributed by atoms with E-state index in [1.165, 1.54) is 5.56 Å². The lowest BCUT2D eigenvalue weighted by molar-refractivity contribution is -0.107. The van der Waals surface area contributed by atoms with Crippen molar-refractivity contribution in [2.45, 2.75) is 5.75 Å². The van der Waals surface area contributed by atoms with Crippen molar-refractivity contribution < 1.29 is 22.4 Å². The second-order valence-corrected chi connectivity index (χ2v) is 4.37. The number of aromatic nitrogens is 1. The minimum absolute atomic E-state index is 0. The molecule has 2 N–H and O–H groups in total. The zero-order chi connectivity index (χ0) is 11.2. The summed E-state index contributed by atoms with van der Waals surface area (Å²) in [6.07, 6.45) is 1.76. The first kappa shape index (κ1) is 13.9. The van der Waals surface area contributed by atoms with Crippen LogP contribution in [0.5, 0.6) is 0 Å². The first-order valence-corrected chi connectivity index (χ1v) is 6.05. The molecule has 2 aromatic rings. The summed E-state index contributed by atoms with van der Waals surface area (Å²) in [5.74, 6) is 0.878. The van der Waals surface area contributed by atoms with E-state index in [0.29, 0.717) is 0 Å². The van der Waals surface area contributed by atoms with Gasteiger partial charge >= 0.3 is 0 Å². The van der Waals surface area contributed by atoms with Crippen molar-refractivity contribution in [3.63, 3.8) is 0 Å². The van der Waals surface area contributed by atoms with E-state index in [2.05, 4.69) is 17.1 Å². The Morgan fingerprint density at radius 1 is 1.06 bits per heavy atom. The lowest BCUT2D eigenvalue weighted by Gasteiger charge is -1.99. The van der Waals surface area contributed by atoms with Gasteiger partial charge < -0.3 is 17.0 Å². The summed E-state index contributed by atoms with van der Waals surface area (Å²) in [5, 5.41) is 6.73. The zero-order valence-corrected chi connectivity index (χ0v) is 11.6. The molecular formula is C13H13BrN2S. The Morgan fingerprint density at radius 2 is 1.76 bits per heavy atom. The monoisotopic (exact) mass is 308 g/mol. The van der Waals surface area contributed by atoms with Crippen molar-refractivity contribution in [3.8, 4) is 0 Å². The molecule has 1 aromatic heterocycles. The molecule has 0 amide bonds. The molecule has 0 spiro atoms. The van der Waals surface area contributed by atoms with Gasteiger partial charge in [-0.1, -0.05) is 48.2 Å². The fourth-order valence-corrected chi connectivity index (χ4v) is 2.10. The van der Waals surface area contributed by atoms with Gasteiger partial charge in [0.25, 0.3) is 5.04 Å². The number of pyridine rings is 1. The average Bonchev–Trinajstić information content (AvgIpc) is 2.38. The Morgan fingerprint density at radius 3 is 2.41 bits per heavy atom. The van der Waals surface area contributed by atoms with E-state index in [4.69, 9.17) is 5.41 Å². The van der Waals surface area contributed by atoms with E-state index in [0.717, 1.165) is 16.5 Å². The van der Waals surface area contributed by atoms with Crippen molar-refractivity contribution in [1.29, 1.82) is 0 Å². The van der Waals surface area contributed by atoms with Crippen molar-refractivity contribution in [2.75, 3.05) is 0 Å². The van der Waals surface area contributed by atoms with Gasteiger partial charge in [0, 0.05) is 11.9 Å². The fraction of sp³-hybridized carbons (Fsp3) is 0.0769. The molecule has 0 aliphatic rings. The lowest BCUT2D eigenvalue weighted by atomic mass is 10.2. The molecule has 0 aliphatic heterocycles. The van der Waals surface area contributed by atoms with Crippen LogP contribution in [0.4, 0.5) is 0 Å². The maximum atomic E-state index is 5.96. The van der Waals surface area contributed by atoms with Crippen LogP contribution in [0.15, 0.2) is 54.7 Å². The summed E-state index contributed by atoms with van der Waals surface area (Å²) in [7, 11) is 0. The summed E-state index contributed by atoms with van der Waals surface area (Å²) in [4.78, 5) is 4.21. The van der Waals surface area contributed by atoms with Crippen LogP contribution in [-0.2, 0) is 5.75 Å². The van der Waals surface area contributed by atoms with E-state index in [1.807, 2.05) is 36.4 Å². The van der Waals surface area contributed by atoms with Crippen LogP contribution in [0.25, 0.3) is 0 Å². The standard InChI is InChI=1S/C13H12N2S.BrH/c14-13(12-8-4-5-9-15-12)16-10-11-6-2-1-3-7-11;/h1-9,14H,10H2;1H. The van der Waals surface area contributed by atoms with Gasteiger partial charge in [-0.25, -0.2) is 10.4 Å². The molecule has 1 heterocycles. The summed E-state index contributed by atoms with van der Waals surface area (Å²) in [5.41, 5.74) is 2.12. The Bertz CT molecular complexity index is 459. The largest absolute Gasteiger partial charge is 1.00 e. The van der Waals surface area contributed by atoms with E-state index in [-0.39, 0.29) is 17.0 Å². The first-order valence-electron chi connectivity index (χ1n) is 5.07. The molecule has 0 atom stereocenters. The third kappa shape index (κ3) is 4.32. The molecule has 88 valence electrons. The molecular weight excluding hydrogens is 296 g/mol. The summed E-state index contributed by atoms with van der Waals surface area (Å²) < 4.78 is 0. The summed E-state index contributed by atoms with van der Waals surface area (Å²) in [6.45, 7) is 0. The van der Waals surface area contributed by atoms with Gasteiger partial charge in [0.2, 0.25) is 0 Å². The number of halogens is 1. The molecule has 0 aliphatic carbocycles.